The lowest BCUT2D eigenvalue weighted by Crippen LogP contribution is -2.31. The van der Waals surface area contributed by atoms with Gasteiger partial charge in [-0.05, 0) is 18.8 Å². The molecule has 5 nitrogen and oxygen atoms in total. The third-order valence-corrected chi connectivity index (χ3v) is 4.00. The van der Waals surface area contributed by atoms with E-state index >= 15 is 0 Å². The molecule has 1 aromatic rings. The van der Waals surface area contributed by atoms with Gasteiger partial charge in [0.15, 0.2) is 5.82 Å². The molecular weight excluding hydrogens is 242 g/mol. The normalized spacial score (nSPS) is 18.1. The summed E-state index contributed by atoms with van der Waals surface area (Å²) < 4.78 is 1.75. The molecule has 1 saturated carbocycles. The number of carboxylic acids is 1. The van der Waals surface area contributed by atoms with Crippen LogP contribution in [0.15, 0.2) is 0 Å². The van der Waals surface area contributed by atoms with Crippen LogP contribution in [-0.4, -0.2) is 25.8 Å². The van der Waals surface area contributed by atoms with Gasteiger partial charge in [0.25, 0.3) is 0 Å². The van der Waals surface area contributed by atoms with Crippen molar-refractivity contribution in [2.45, 2.75) is 52.4 Å². The number of aromatic nitrogens is 3. The van der Waals surface area contributed by atoms with Gasteiger partial charge in [-0.15, -0.1) is 0 Å². The lowest BCUT2D eigenvalue weighted by atomic mass is 9.82. The summed E-state index contributed by atoms with van der Waals surface area (Å²) in [7, 11) is 1.86. The van der Waals surface area contributed by atoms with Crippen molar-refractivity contribution in [1.82, 2.24) is 14.8 Å². The van der Waals surface area contributed by atoms with E-state index in [1.54, 1.807) is 4.68 Å². The summed E-state index contributed by atoms with van der Waals surface area (Å²) in [5.41, 5.74) is -0.615. The maximum absolute atomic E-state index is 11.6. The Labute approximate surface area is 114 Å². The van der Waals surface area contributed by atoms with E-state index in [4.69, 9.17) is 0 Å². The SMILES string of the molecule is CC(C)Cc1nc(CC2(C(=O)O)CCCC2)n(C)n1. The lowest BCUT2D eigenvalue weighted by Gasteiger charge is -2.22. The first-order valence-electron chi connectivity index (χ1n) is 7.05. The number of hydrogen-bond acceptors (Lipinski definition) is 3. The second-order valence-electron chi connectivity index (χ2n) is 6.14. The molecule has 0 aromatic carbocycles. The fraction of sp³-hybridized carbons (Fsp3) is 0.786. The fourth-order valence-electron chi connectivity index (χ4n) is 2.90. The Morgan fingerprint density at radius 2 is 2.05 bits per heavy atom. The topological polar surface area (TPSA) is 68.0 Å². The van der Waals surface area contributed by atoms with E-state index in [-0.39, 0.29) is 0 Å². The first-order valence-corrected chi connectivity index (χ1v) is 7.05. The Morgan fingerprint density at radius 3 is 2.58 bits per heavy atom. The summed E-state index contributed by atoms with van der Waals surface area (Å²) in [5.74, 6) is 1.46. The average molecular weight is 265 g/mol. The van der Waals surface area contributed by atoms with Gasteiger partial charge in [-0.25, -0.2) is 4.98 Å². The van der Waals surface area contributed by atoms with Crippen molar-refractivity contribution >= 4 is 5.97 Å². The van der Waals surface area contributed by atoms with Crippen molar-refractivity contribution < 1.29 is 9.90 Å². The van der Waals surface area contributed by atoms with Gasteiger partial charge in [-0.1, -0.05) is 26.7 Å². The summed E-state index contributed by atoms with van der Waals surface area (Å²) in [4.78, 5) is 16.1. The van der Waals surface area contributed by atoms with Crippen molar-refractivity contribution in [3.8, 4) is 0 Å². The molecule has 2 rings (SSSR count). The standard InChI is InChI=1S/C14H23N3O2/c1-10(2)8-11-15-12(17(3)16-11)9-14(13(18)19)6-4-5-7-14/h10H,4-9H2,1-3H3,(H,18,19). The molecule has 1 fully saturated rings. The molecule has 0 radical (unpaired) electrons. The van der Waals surface area contributed by atoms with Crippen LogP contribution < -0.4 is 0 Å². The van der Waals surface area contributed by atoms with Crippen LogP contribution in [0.3, 0.4) is 0 Å². The van der Waals surface area contributed by atoms with Crippen LogP contribution in [-0.2, 0) is 24.7 Å². The zero-order chi connectivity index (χ0) is 14.0. The quantitative estimate of drug-likeness (QED) is 0.886. The third kappa shape index (κ3) is 2.96. The van der Waals surface area contributed by atoms with Crippen molar-refractivity contribution in [1.29, 1.82) is 0 Å². The molecule has 19 heavy (non-hydrogen) atoms. The predicted molar refractivity (Wildman–Crippen MR) is 71.8 cm³/mol. The van der Waals surface area contributed by atoms with Crippen LogP contribution in [0.25, 0.3) is 0 Å². The van der Waals surface area contributed by atoms with Crippen LogP contribution in [0.5, 0.6) is 0 Å². The lowest BCUT2D eigenvalue weighted by molar-refractivity contribution is -0.148. The fourth-order valence-corrected chi connectivity index (χ4v) is 2.90. The van der Waals surface area contributed by atoms with Gasteiger partial charge in [-0.3, -0.25) is 9.48 Å². The molecule has 0 unspecified atom stereocenters. The molecule has 1 N–H and O–H groups in total. The van der Waals surface area contributed by atoms with Crippen molar-refractivity contribution in [3.05, 3.63) is 11.6 Å². The minimum atomic E-state index is -0.682. The van der Waals surface area contributed by atoms with Gasteiger partial charge < -0.3 is 5.11 Å². The third-order valence-electron chi connectivity index (χ3n) is 4.00. The Balaban J connectivity index is 2.18. The zero-order valence-electron chi connectivity index (χ0n) is 12.0. The predicted octanol–water partition coefficient (Wildman–Crippen LogP) is 2.20. The van der Waals surface area contributed by atoms with E-state index in [1.165, 1.54) is 0 Å². The maximum Gasteiger partial charge on any atom is 0.310 e. The van der Waals surface area contributed by atoms with Crippen LogP contribution in [0.2, 0.25) is 0 Å². The highest BCUT2D eigenvalue weighted by molar-refractivity contribution is 5.75. The number of rotatable bonds is 5. The first kappa shape index (κ1) is 14.0. The average Bonchev–Trinajstić information content (AvgIpc) is 2.88. The molecule has 106 valence electrons. The molecule has 5 heteroatoms. The molecule has 0 atom stereocenters. The molecule has 0 spiro atoms. The van der Waals surface area contributed by atoms with Crippen LogP contribution in [0, 0.1) is 11.3 Å². The zero-order valence-corrected chi connectivity index (χ0v) is 12.0. The van der Waals surface area contributed by atoms with Gasteiger partial charge in [0.1, 0.15) is 5.82 Å². The van der Waals surface area contributed by atoms with E-state index in [9.17, 15) is 9.90 Å². The Hall–Kier alpha value is -1.39. The second kappa shape index (κ2) is 5.31. The molecule has 0 amide bonds. The van der Waals surface area contributed by atoms with Gasteiger partial charge in [0, 0.05) is 19.9 Å². The van der Waals surface area contributed by atoms with Crippen molar-refractivity contribution in [2.24, 2.45) is 18.4 Å². The molecule has 1 aliphatic carbocycles. The Morgan fingerprint density at radius 1 is 1.42 bits per heavy atom. The molecule has 1 aromatic heterocycles. The highest BCUT2D eigenvalue weighted by atomic mass is 16.4. The van der Waals surface area contributed by atoms with E-state index in [0.29, 0.717) is 12.3 Å². The van der Waals surface area contributed by atoms with Crippen molar-refractivity contribution in [2.75, 3.05) is 0 Å². The van der Waals surface area contributed by atoms with Crippen LogP contribution in [0.1, 0.15) is 51.2 Å². The van der Waals surface area contributed by atoms with Crippen LogP contribution >= 0.6 is 0 Å². The highest BCUT2D eigenvalue weighted by Crippen LogP contribution is 2.40. The molecule has 0 saturated heterocycles. The Kier molecular flexibility index (Phi) is 3.92. The van der Waals surface area contributed by atoms with E-state index in [0.717, 1.165) is 43.8 Å². The number of aryl methyl sites for hydroxylation is 1. The molecular formula is C14H23N3O2. The smallest absolute Gasteiger partial charge is 0.310 e. The van der Waals surface area contributed by atoms with Crippen molar-refractivity contribution in [3.63, 3.8) is 0 Å². The van der Waals surface area contributed by atoms with Gasteiger partial charge in [-0.2, -0.15) is 5.10 Å². The number of carbonyl (C=O) groups is 1. The molecule has 0 bridgehead atoms. The maximum atomic E-state index is 11.6. The summed E-state index contributed by atoms with van der Waals surface area (Å²) in [6.07, 6.45) is 4.87. The van der Waals surface area contributed by atoms with Gasteiger partial charge in [0.05, 0.1) is 5.41 Å². The summed E-state index contributed by atoms with van der Waals surface area (Å²) >= 11 is 0. The highest BCUT2D eigenvalue weighted by Gasteiger charge is 2.42. The van der Waals surface area contributed by atoms with Crippen LogP contribution in [0.4, 0.5) is 0 Å². The minimum absolute atomic E-state index is 0.504. The van der Waals surface area contributed by atoms with E-state index in [2.05, 4.69) is 23.9 Å². The number of aliphatic carboxylic acids is 1. The number of nitrogens with zero attached hydrogens (tertiary/aromatic N) is 3. The van der Waals surface area contributed by atoms with E-state index < -0.39 is 11.4 Å². The first-order chi connectivity index (χ1) is 8.93. The molecule has 0 aliphatic heterocycles. The second-order valence-corrected chi connectivity index (χ2v) is 6.14. The number of hydrogen-bond donors (Lipinski definition) is 1. The molecule has 1 aliphatic rings. The largest absolute Gasteiger partial charge is 0.481 e. The Bertz CT molecular complexity index is 459. The molecule has 1 heterocycles. The number of carboxylic acid groups (broad SMARTS) is 1. The summed E-state index contributed by atoms with van der Waals surface area (Å²) in [6.45, 7) is 4.26. The summed E-state index contributed by atoms with van der Waals surface area (Å²) in [6, 6.07) is 0. The monoisotopic (exact) mass is 265 g/mol. The van der Waals surface area contributed by atoms with Gasteiger partial charge >= 0.3 is 5.97 Å². The van der Waals surface area contributed by atoms with E-state index in [1.807, 2.05) is 7.05 Å². The minimum Gasteiger partial charge on any atom is -0.481 e. The van der Waals surface area contributed by atoms with Gasteiger partial charge in [0.2, 0.25) is 0 Å². The summed E-state index contributed by atoms with van der Waals surface area (Å²) in [5, 5.41) is 13.9.